The van der Waals surface area contributed by atoms with E-state index in [0.29, 0.717) is 0 Å². The van der Waals surface area contributed by atoms with Crippen LogP contribution in [0.3, 0.4) is 0 Å². The van der Waals surface area contributed by atoms with Crippen LogP contribution in [0, 0.1) is 5.92 Å². The molecule has 1 nitrogen and oxygen atoms in total. The van der Waals surface area contributed by atoms with E-state index in [9.17, 15) is 0 Å². The molecule has 1 unspecified atom stereocenters. The summed E-state index contributed by atoms with van der Waals surface area (Å²) in [4.78, 5) is -0.806. The fourth-order valence-corrected chi connectivity index (χ4v) is 0. The van der Waals surface area contributed by atoms with Gasteiger partial charge in [0.05, 0.1) is 0 Å². The minimum absolute atomic E-state index is 0.218. The molecule has 0 amide bonds. The van der Waals surface area contributed by atoms with Crippen LogP contribution >= 0.6 is 12.6 Å². The monoisotopic (exact) mass is 120 g/mol. The Labute approximate surface area is 50.1 Å². The first-order valence-electron chi connectivity index (χ1n) is 2.39. The molecule has 0 radical (unpaired) electrons. The molecule has 0 saturated carbocycles. The van der Waals surface area contributed by atoms with Crippen LogP contribution < -0.4 is 0 Å². The van der Waals surface area contributed by atoms with Crippen LogP contribution in [0.1, 0.15) is 20.8 Å². The fraction of sp³-hybridized carbons (Fsp3) is 1.00. The van der Waals surface area contributed by atoms with E-state index in [-0.39, 0.29) is 5.92 Å². The average molecular weight is 120 g/mol. The lowest BCUT2D eigenvalue weighted by molar-refractivity contribution is 0.110. The summed E-state index contributed by atoms with van der Waals surface area (Å²) in [5.74, 6) is 0.218. The first-order valence-corrected chi connectivity index (χ1v) is 2.84. The normalized spacial score (nSPS) is 19.7. The summed E-state index contributed by atoms with van der Waals surface area (Å²) >= 11 is 3.91. The predicted molar refractivity (Wildman–Crippen MR) is 34.4 cm³/mol. The number of thiol groups is 1. The van der Waals surface area contributed by atoms with Crippen LogP contribution in [0.15, 0.2) is 0 Å². The summed E-state index contributed by atoms with van der Waals surface area (Å²) in [5.41, 5.74) is 0. The second-order valence-corrected chi connectivity index (χ2v) is 3.15. The zero-order chi connectivity index (χ0) is 6.08. The molecule has 0 bridgehead atoms. The number of aliphatic hydroxyl groups is 1. The van der Waals surface area contributed by atoms with Crippen molar-refractivity contribution in [1.29, 1.82) is 0 Å². The van der Waals surface area contributed by atoms with Crippen molar-refractivity contribution in [1.82, 2.24) is 0 Å². The molecule has 0 aliphatic rings. The van der Waals surface area contributed by atoms with Gasteiger partial charge in [-0.2, -0.15) is 0 Å². The van der Waals surface area contributed by atoms with E-state index < -0.39 is 4.93 Å². The second-order valence-electron chi connectivity index (χ2n) is 2.25. The van der Waals surface area contributed by atoms with E-state index >= 15 is 0 Å². The quantitative estimate of drug-likeness (QED) is 0.394. The van der Waals surface area contributed by atoms with E-state index in [2.05, 4.69) is 12.6 Å². The van der Waals surface area contributed by atoms with E-state index in [1.54, 1.807) is 6.92 Å². The molecule has 0 spiro atoms. The minimum atomic E-state index is -0.806. The average Bonchev–Trinajstić information content (AvgIpc) is 1.31. The van der Waals surface area contributed by atoms with E-state index in [0.717, 1.165) is 0 Å². The Morgan fingerprint density at radius 2 is 1.71 bits per heavy atom. The number of hydrogen-bond donors (Lipinski definition) is 2. The van der Waals surface area contributed by atoms with Gasteiger partial charge in [-0.05, 0) is 12.8 Å². The van der Waals surface area contributed by atoms with Gasteiger partial charge in [0.1, 0.15) is 4.93 Å². The van der Waals surface area contributed by atoms with Gasteiger partial charge in [0.15, 0.2) is 0 Å². The van der Waals surface area contributed by atoms with Crippen molar-refractivity contribution >= 4 is 12.6 Å². The summed E-state index contributed by atoms with van der Waals surface area (Å²) in [7, 11) is 0. The van der Waals surface area contributed by atoms with Crippen molar-refractivity contribution in [3.8, 4) is 0 Å². The molecule has 0 fully saturated rings. The SMILES string of the molecule is CC(C)C(C)(O)S. The molecule has 0 rings (SSSR count). The van der Waals surface area contributed by atoms with Crippen molar-refractivity contribution < 1.29 is 5.11 Å². The molecule has 0 aromatic rings. The topological polar surface area (TPSA) is 20.2 Å². The highest BCUT2D eigenvalue weighted by Crippen LogP contribution is 2.18. The summed E-state index contributed by atoms with van der Waals surface area (Å²) in [5, 5.41) is 8.96. The molecule has 0 saturated heterocycles. The number of hydrogen-bond acceptors (Lipinski definition) is 2. The Kier molecular flexibility index (Phi) is 2.14. The Morgan fingerprint density at radius 3 is 1.71 bits per heavy atom. The molecule has 0 aliphatic heterocycles. The molecule has 2 heteroatoms. The summed E-state index contributed by atoms with van der Waals surface area (Å²) < 4.78 is 0. The lowest BCUT2D eigenvalue weighted by Gasteiger charge is -2.19. The van der Waals surface area contributed by atoms with Gasteiger partial charge in [-0.1, -0.05) is 13.8 Å². The van der Waals surface area contributed by atoms with Gasteiger partial charge < -0.3 is 5.11 Å². The zero-order valence-corrected chi connectivity index (χ0v) is 5.87. The van der Waals surface area contributed by atoms with Gasteiger partial charge in [-0.25, -0.2) is 0 Å². The highest BCUT2D eigenvalue weighted by molar-refractivity contribution is 7.81. The largest absolute Gasteiger partial charge is 0.380 e. The fourth-order valence-electron chi connectivity index (χ4n) is 0. The highest BCUT2D eigenvalue weighted by Gasteiger charge is 2.17. The lowest BCUT2D eigenvalue weighted by atomic mass is 10.1. The van der Waals surface area contributed by atoms with Gasteiger partial charge >= 0.3 is 0 Å². The van der Waals surface area contributed by atoms with E-state index in [4.69, 9.17) is 5.11 Å². The van der Waals surface area contributed by atoms with Crippen LogP contribution in [-0.4, -0.2) is 10.0 Å². The van der Waals surface area contributed by atoms with Crippen LogP contribution in [0.25, 0.3) is 0 Å². The molecule has 0 heterocycles. The third-order valence-electron chi connectivity index (χ3n) is 1.09. The first-order chi connectivity index (χ1) is 2.94. The summed E-state index contributed by atoms with van der Waals surface area (Å²) in [6.07, 6.45) is 0. The molecule has 44 valence electrons. The molecule has 1 N–H and O–H groups in total. The Morgan fingerprint density at radius 1 is 1.57 bits per heavy atom. The Hall–Kier alpha value is 0.310. The first kappa shape index (κ1) is 7.31. The summed E-state index contributed by atoms with van der Waals surface area (Å²) in [6, 6.07) is 0. The Balaban J connectivity index is 3.54. The van der Waals surface area contributed by atoms with Crippen molar-refractivity contribution in [3.05, 3.63) is 0 Å². The van der Waals surface area contributed by atoms with E-state index in [1.165, 1.54) is 0 Å². The third kappa shape index (κ3) is 2.94. The molecular weight excluding hydrogens is 108 g/mol. The second kappa shape index (κ2) is 2.05. The van der Waals surface area contributed by atoms with Crippen LogP contribution in [0.5, 0.6) is 0 Å². The van der Waals surface area contributed by atoms with Crippen molar-refractivity contribution in [2.45, 2.75) is 25.7 Å². The molecular formula is C5H12OS. The van der Waals surface area contributed by atoms with Gasteiger partial charge in [-0.15, -0.1) is 12.6 Å². The minimum Gasteiger partial charge on any atom is -0.380 e. The maximum atomic E-state index is 8.96. The van der Waals surface area contributed by atoms with Gasteiger partial charge in [-0.3, -0.25) is 0 Å². The molecule has 7 heavy (non-hydrogen) atoms. The number of rotatable bonds is 1. The van der Waals surface area contributed by atoms with Gasteiger partial charge in [0.25, 0.3) is 0 Å². The van der Waals surface area contributed by atoms with Crippen molar-refractivity contribution in [2.75, 3.05) is 0 Å². The third-order valence-corrected chi connectivity index (χ3v) is 1.61. The Bertz CT molecular complexity index is 53.6. The highest BCUT2D eigenvalue weighted by atomic mass is 32.1. The molecule has 1 atom stereocenters. The molecule has 0 aromatic heterocycles. The van der Waals surface area contributed by atoms with Crippen LogP contribution in [0.2, 0.25) is 0 Å². The lowest BCUT2D eigenvalue weighted by Crippen LogP contribution is -2.22. The van der Waals surface area contributed by atoms with Crippen LogP contribution in [-0.2, 0) is 0 Å². The zero-order valence-electron chi connectivity index (χ0n) is 4.97. The maximum Gasteiger partial charge on any atom is 0.107 e. The van der Waals surface area contributed by atoms with Crippen molar-refractivity contribution in [3.63, 3.8) is 0 Å². The van der Waals surface area contributed by atoms with Gasteiger partial charge in [0, 0.05) is 0 Å². The van der Waals surface area contributed by atoms with E-state index in [1.807, 2.05) is 13.8 Å². The summed E-state index contributed by atoms with van der Waals surface area (Å²) in [6.45, 7) is 5.53. The van der Waals surface area contributed by atoms with Gasteiger partial charge in [0.2, 0.25) is 0 Å². The van der Waals surface area contributed by atoms with Crippen molar-refractivity contribution in [2.24, 2.45) is 5.92 Å². The standard InChI is InChI=1S/C5H12OS/c1-4(2)5(3,6)7/h4,6-7H,1-3H3. The van der Waals surface area contributed by atoms with Crippen LogP contribution in [0.4, 0.5) is 0 Å². The maximum absolute atomic E-state index is 8.96. The molecule has 0 aliphatic carbocycles. The predicted octanol–water partition coefficient (Wildman–Crippen LogP) is 1.28. The molecule has 0 aromatic carbocycles. The smallest absolute Gasteiger partial charge is 0.107 e.